The number of nitrogens with zero attached hydrogens (tertiary/aromatic N) is 4. The summed E-state index contributed by atoms with van der Waals surface area (Å²) < 4.78 is 42.7. The smallest absolute Gasteiger partial charge is 0.246 e. The van der Waals surface area contributed by atoms with Crippen LogP contribution in [0, 0.1) is 11.6 Å². The van der Waals surface area contributed by atoms with Crippen LogP contribution in [0.4, 0.5) is 8.78 Å². The highest BCUT2D eigenvalue weighted by atomic mass is 32.1. The molecule has 0 saturated carbocycles. The van der Waals surface area contributed by atoms with E-state index in [0.29, 0.717) is 30.8 Å². The summed E-state index contributed by atoms with van der Waals surface area (Å²) in [6.45, 7) is 6.80. The second-order valence-electron chi connectivity index (χ2n) is 12.0. The number of aromatic nitrogens is 2. The van der Waals surface area contributed by atoms with Crippen molar-refractivity contribution in [2.75, 3.05) is 40.5 Å². The minimum atomic E-state index is -0.748. The van der Waals surface area contributed by atoms with E-state index in [1.54, 1.807) is 12.0 Å². The Balaban J connectivity index is 1.48. The Morgan fingerprint density at radius 3 is 2.66 bits per heavy atom. The maximum atomic E-state index is 16.1. The van der Waals surface area contributed by atoms with E-state index in [2.05, 4.69) is 30.7 Å². The fourth-order valence-electron chi connectivity index (χ4n) is 6.55. The number of likely N-dealkylation sites (N-methyl/N-ethyl adjacent to an activating group) is 1. The number of pyridine rings is 2. The molecule has 0 N–H and O–H groups in total. The number of hydrogen-bond acceptors (Lipinski definition) is 7. The third kappa shape index (κ3) is 5.93. The lowest BCUT2D eigenvalue weighted by Gasteiger charge is -2.28. The van der Waals surface area contributed by atoms with Gasteiger partial charge in [-0.25, -0.2) is 13.8 Å². The van der Waals surface area contributed by atoms with Gasteiger partial charge in [-0.1, -0.05) is 18.7 Å². The lowest BCUT2D eigenvalue weighted by molar-refractivity contribution is -0.126. The Hall–Kier alpha value is -4.51. The van der Waals surface area contributed by atoms with Gasteiger partial charge in [-0.05, 0) is 59.8 Å². The third-order valence-electron chi connectivity index (χ3n) is 8.90. The van der Waals surface area contributed by atoms with Crippen LogP contribution in [0.25, 0.3) is 43.7 Å². The molecule has 0 unspecified atom stereocenters. The Morgan fingerprint density at radius 1 is 0.979 bits per heavy atom. The zero-order chi connectivity index (χ0) is 32.7. The van der Waals surface area contributed by atoms with Crippen LogP contribution in [0.3, 0.4) is 0 Å². The van der Waals surface area contributed by atoms with E-state index < -0.39 is 11.6 Å². The molecule has 7 nitrogen and oxygen atoms in total. The second kappa shape index (κ2) is 12.9. The molecule has 47 heavy (non-hydrogen) atoms. The van der Waals surface area contributed by atoms with Gasteiger partial charge in [0.1, 0.15) is 24.0 Å². The van der Waals surface area contributed by atoms with Gasteiger partial charge in [0.25, 0.3) is 0 Å². The number of carbonyl (C=O) groups is 1. The highest BCUT2D eigenvalue weighted by Gasteiger charge is 2.27. The average molecular weight is 653 g/mol. The van der Waals surface area contributed by atoms with Crippen molar-refractivity contribution in [3.63, 3.8) is 0 Å². The monoisotopic (exact) mass is 652 g/mol. The second-order valence-corrected chi connectivity index (χ2v) is 12.9. The van der Waals surface area contributed by atoms with Crippen molar-refractivity contribution in [1.29, 1.82) is 0 Å². The van der Waals surface area contributed by atoms with Gasteiger partial charge in [-0.15, -0.1) is 11.3 Å². The molecular weight excluding hydrogens is 618 g/mol. The van der Waals surface area contributed by atoms with E-state index in [4.69, 9.17) is 19.4 Å². The topological polar surface area (TPSA) is 67.8 Å². The van der Waals surface area contributed by atoms with E-state index in [0.717, 1.165) is 74.9 Å². The van der Waals surface area contributed by atoms with E-state index >= 15 is 4.39 Å². The number of benzene rings is 2. The number of amides is 1. The zero-order valence-electron chi connectivity index (χ0n) is 26.3. The molecule has 7 rings (SSSR count). The van der Waals surface area contributed by atoms with Crippen molar-refractivity contribution in [2.45, 2.75) is 25.9 Å². The Bertz CT molecular complexity index is 2030. The number of hydrogen-bond donors (Lipinski definition) is 0. The van der Waals surface area contributed by atoms with Gasteiger partial charge in [0.2, 0.25) is 5.91 Å². The maximum Gasteiger partial charge on any atom is 0.246 e. The quantitative estimate of drug-likeness (QED) is 0.132. The van der Waals surface area contributed by atoms with Crippen molar-refractivity contribution in [3.05, 3.63) is 101 Å². The number of halogens is 2. The molecule has 2 aliphatic heterocycles. The average Bonchev–Trinajstić information content (AvgIpc) is 3.57. The first-order valence-electron chi connectivity index (χ1n) is 15.6. The molecule has 2 aliphatic rings. The number of methoxy groups -OCH3 is 1. The molecule has 0 radical (unpaired) electrons. The summed E-state index contributed by atoms with van der Waals surface area (Å²) in [4.78, 5) is 26.7. The number of carbonyl (C=O) groups excluding carboxylic acids is 1. The summed E-state index contributed by atoms with van der Waals surface area (Å²) in [6.07, 6.45) is 4.80. The van der Waals surface area contributed by atoms with Crippen LogP contribution in [-0.2, 0) is 35.5 Å². The number of ether oxygens (including phenoxy) is 2. The first-order chi connectivity index (χ1) is 22.8. The van der Waals surface area contributed by atoms with Crippen LogP contribution in [0.5, 0.6) is 5.75 Å². The molecule has 3 aromatic heterocycles. The lowest BCUT2D eigenvalue weighted by Crippen LogP contribution is -2.34. The maximum absolute atomic E-state index is 16.1. The number of thiophene rings is 1. The predicted octanol–water partition coefficient (Wildman–Crippen LogP) is 7.05. The van der Waals surface area contributed by atoms with Crippen LogP contribution in [0.2, 0.25) is 0 Å². The molecule has 1 amide bonds. The number of fused-ring (bicyclic) bond motifs is 3. The summed E-state index contributed by atoms with van der Waals surface area (Å²) in [5.41, 5.74) is 7.90. The third-order valence-corrected chi connectivity index (χ3v) is 9.84. The van der Waals surface area contributed by atoms with Crippen LogP contribution in [0.1, 0.15) is 22.4 Å². The fraction of sp³-hybridized carbons (Fsp3) is 0.270. The van der Waals surface area contributed by atoms with Gasteiger partial charge >= 0.3 is 0 Å². The molecule has 0 atom stereocenters. The van der Waals surface area contributed by atoms with Gasteiger partial charge in [0.05, 0.1) is 23.6 Å². The van der Waals surface area contributed by atoms with Crippen molar-refractivity contribution in [1.82, 2.24) is 19.8 Å². The van der Waals surface area contributed by atoms with E-state index in [1.165, 1.54) is 23.5 Å². The molecule has 0 fully saturated rings. The summed E-state index contributed by atoms with van der Waals surface area (Å²) in [7, 11) is 3.64. The normalized spacial score (nSPS) is 14.6. The molecule has 0 saturated heterocycles. The Kier molecular flexibility index (Phi) is 8.57. The minimum absolute atomic E-state index is 0.0734. The standard InChI is InChI=1S/C37H34F2N4O3S/c1-4-32(44)43-11-7-22-5-6-23(15-25(22)21-43)36-34(33-29(39)17-27(38)18-31(33)46-13-12-45-3)37-28(9-14-47-37)35(41-36)24-16-26-20-42(2)10-8-30(26)40-19-24/h4-6,9,14-19H,1,7-8,10-13,20-21H2,2-3H3. The highest BCUT2D eigenvalue weighted by molar-refractivity contribution is 7.18. The summed E-state index contributed by atoms with van der Waals surface area (Å²) in [5.74, 6) is -1.54. The van der Waals surface area contributed by atoms with Gasteiger partial charge < -0.3 is 19.3 Å². The van der Waals surface area contributed by atoms with Gasteiger partial charge in [-0.2, -0.15) is 0 Å². The Morgan fingerprint density at radius 2 is 1.83 bits per heavy atom. The molecule has 0 bridgehead atoms. The largest absolute Gasteiger partial charge is 0.490 e. The predicted molar refractivity (Wildman–Crippen MR) is 180 cm³/mol. The number of rotatable bonds is 8. The molecule has 5 heterocycles. The first-order valence-corrected chi connectivity index (χ1v) is 16.4. The molecule has 5 aromatic rings. The van der Waals surface area contributed by atoms with Crippen molar-refractivity contribution in [3.8, 4) is 39.4 Å². The molecule has 2 aromatic carbocycles. The van der Waals surface area contributed by atoms with E-state index in [9.17, 15) is 9.18 Å². The molecule has 10 heteroatoms. The highest BCUT2D eigenvalue weighted by Crippen LogP contribution is 2.47. The zero-order valence-corrected chi connectivity index (χ0v) is 27.1. The van der Waals surface area contributed by atoms with Crippen molar-refractivity contribution >= 4 is 27.3 Å². The van der Waals surface area contributed by atoms with Crippen LogP contribution in [0.15, 0.2) is 66.7 Å². The van der Waals surface area contributed by atoms with Gasteiger partial charge in [0.15, 0.2) is 0 Å². The Labute approximate surface area is 276 Å². The minimum Gasteiger partial charge on any atom is -0.490 e. The molecular formula is C37H34F2N4O3S. The van der Waals surface area contributed by atoms with Crippen LogP contribution < -0.4 is 4.74 Å². The first kappa shape index (κ1) is 31.1. The SMILES string of the molecule is C=CC(=O)N1CCc2ccc(-c3nc(-c4cnc5c(c4)CN(C)CC5)c4ccsc4c3-c3c(F)cc(F)cc3OCCOC)cc2C1. The van der Waals surface area contributed by atoms with Gasteiger partial charge in [-0.3, -0.25) is 9.78 Å². The molecule has 240 valence electrons. The van der Waals surface area contributed by atoms with E-state index in [1.807, 2.05) is 29.8 Å². The van der Waals surface area contributed by atoms with E-state index in [-0.39, 0.29) is 30.4 Å². The van der Waals surface area contributed by atoms with Crippen molar-refractivity contribution < 1.29 is 23.0 Å². The summed E-state index contributed by atoms with van der Waals surface area (Å²) >= 11 is 1.47. The van der Waals surface area contributed by atoms with Crippen molar-refractivity contribution in [2.24, 2.45) is 0 Å². The molecule has 0 spiro atoms. The van der Waals surface area contributed by atoms with Crippen LogP contribution in [-0.4, -0.2) is 66.1 Å². The van der Waals surface area contributed by atoms with Crippen LogP contribution >= 0.6 is 11.3 Å². The lowest BCUT2D eigenvalue weighted by atomic mass is 9.91. The fourth-order valence-corrected chi connectivity index (χ4v) is 7.49. The summed E-state index contributed by atoms with van der Waals surface area (Å²) in [5, 5.41) is 2.80. The summed E-state index contributed by atoms with van der Waals surface area (Å²) in [6, 6.07) is 12.3. The van der Waals surface area contributed by atoms with Gasteiger partial charge in [0, 0.05) is 90.5 Å². The molecule has 0 aliphatic carbocycles.